The molecule has 0 saturated carbocycles. The summed E-state index contributed by atoms with van der Waals surface area (Å²) in [6.07, 6.45) is 1.07. The summed E-state index contributed by atoms with van der Waals surface area (Å²) in [4.78, 5) is 2.17. The van der Waals surface area contributed by atoms with Gasteiger partial charge in [0.1, 0.15) is 0 Å². The Hall–Kier alpha value is -1.19. The van der Waals surface area contributed by atoms with Crippen LogP contribution in [0.3, 0.4) is 0 Å². The summed E-state index contributed by atoms with van der Waals surface area (Å²) in [5.41, 5.74) is 7.77. The number of aromatic nitrogens is 2. The van der Waals surface area contributed by atoms with Crippen LogP contribution in [0, 0.1) is 6.92 Å². The fraction of sp³-hybridized carbons (Fsp3) is 0.727. The molecule has 0 bridgehead atoms. The fourth-order valence-electron chi connectivity index (χ4n) is 1.57. The zero-order valence-corrected chi connectivity index (χ0v) is 10.4. The van der Waals surface area contributed by atoms with E-state index in [1.54, 1.807) is 0 Å². The van der Waals surface area contributed by atoms with Gasteiger partial charge in [-0.2, -0.15) is 5.10 Å². The van der Waals surface area contributed by atoms with E-state index in [-0.39, 0.29) is 0 Å². The van der Waals surface area contributed by atoms with Gasteiger partial charge in [0.05, 0.1) is 11.4 Å². The van der Waals surface area contributed by atoms with Crippen LogP contribution >= 0.6 is 0 Å². The Bertz CT molecular complexity index is 328. The van der Waals surface area contributed by atoms with Gasteiger partial charge in [-0.25, -0.2) is 4.68 Å². The number of aryl methyl sites for hydroxylation is 2. The molecule has 0 saturated heterocycles. The van der Waals surface area contributed by atoms with E-state index < -0.39 is 0 Å². The van der Waals surface area contributed by atoms with Gasteiger partial charge in [0.2, 0.25) is 0 Å². The van der Waals surface area contributed by atoms with Crippen molar-refractivity contribution in [1.82, 2.24) is 9.78 Å². The van der Waals surface area contributed by atoms with E-state index >= 15 is 0 Å². The summed E-state index contributed by atoms with van der Waals surface area (Å²) in [5, 5.41) is 4.45. The minimum absolute atomic E-state index is 0.430. The summed E-state index contributed by atoms with van der Waals surface area (Å²) in [7, 11) is 2.06. The maximum absolute atomic E-state index is 6.05. The topological polar surface area (TPSA) is 47.1 Å². The van der Waals surface area contributed by atoms with Gasteiger partial charge in [0, 0.05) is 19.6 Å². The Balaban J connectivity index is 3.12. The second kappa shape index (κ2) is 4.55. The molecule has 0 spiro atoms. The Labute approximate surface area is 92.1 Å². The van der Waals surface area contributed by atoms with Crippen LogP contribution in [-0.4, -0.2) is 22.9 Å². The Kier molecular flexibility index (Phi) is 3.61. The van der Waals surface area contributed by atoms with Gasteiger partial charge in [-0.15, -0.1) is 0 Å². The van der Waals surface area contributed by atoms with Gasteiger partial charge >= 0.3 is 0 Å². The molecule has 0 aliphatic heterocycles. The second-order valence-electron chi connectivity index (χ2n) is 4.25. The number of rotatable bonds is 4. The van der Waals surface area contributed by atoms with E-state index in [0.717, 1.165) is 30.2 Å². The molecule has 1 rings (SSSR count). The molecular formula is C11H22N4. The van der Waals surface area contributed by atoms with Crippen molar-refractivity contribution in [2.24, 2.45) is 0 Å². The average molecular weight is 210 g/mol. The predicted octanol–water partition coefficient (Wildman–Crippen LogP) is 2.03. The van der Waals surface area contributed by atoms with Gasteiger partial charge in [-0.1, -0.05) is 6.92 Å². The first kappa shape index (κ1) is 11.9. The van der Waals surface area contributed by atoms with Gasteiger partial charge in [-0.05, 0) is 27.2 Å². The van der Waals surface area contributed by atoms with Crippen molar-refractivity contribution in [3.05, 3.63) is 5.69 Å². The quantitative estimate of drug-likeness (QED) is 0.827. The smallest absolute Gasteiger partial charge is 0.150 e. The van der Waals surface area contributed by atoms with Crippen molar-refractivity contribution >= 4 is 11.5 Å². The maximum Gasteiger partial charge on any atom is 0.150 e. The predicted molar refractivity (Wildman–Crippen MR) is 65.2 cm³/mol. The van der Waals surface area contributed by atoms with Crippen LogP contribution < -0.4 is 10.6 Å². The number of hydrogen-bond donors (Lipinski definition) is 1. The first-order valence-electron chi connectivity index (χ1n) is 5.54. The lowest BCUT2D eigenvalue weighted by atomic mass is 10.3. The average Bonchev–Trinajstić information content (AvgIpc) is 2.42. The lowest BCUT2D eigenvalue weighted by molar-refractivity contribution is 0.581. The fourth-order valence-corrected chi connectivity index (χ4v) is 1.57. The van der Waals surface area contributed by atoms with Crippen LogP contribution in [0.5, 0.6) is 0 Å². The molecule has 1 heterocycles. The molecule has 0 aliphatic rings. The van der Waals surface area contributed by atoms with Gasteiger partial charge in [0.15, 0.2) is 5.82 Å². The summed E-state index contributed by atoms with van der Waals surface area (Å²) >= 11 is 0. The lowest BCUT2D eigenvalue weighted by Gasteiger charge is -2.25. The van der Waals surface area contributed by atoms with Gasteiger partial charge in [-0.3, -0.25) is 0 Å². The standard InChI is InChI=1S/C11H22N4/c1-6-7-15-11(14(5)8(2)3)10(12)9(4)13-15/h8H,6-7,12H2,1-5H3. The van der Waals surface area contributed by atoms with Crippen molar-refractivity contribution < 1.29 is 0 Å². The van der Waals surface area contributed by atoms with Crippen LogP contribution in [0.2, 0.25) is 0 Å². The molecule has 0 radical (unpaired) electrons. The van der Waals surface area contributed by atoms with Crippen LogP contribution in [-0.2, 0) is 6.54 Å². The van der Waals surface area contributed by atoms with Crippen LogP contribution in [0.25, 0.3) is 0 Å². The van der Waals surface area contributed by atoms with E-state index in [1.807, 2.05) is 11.6 Å². The molecule has 86 valence electrons. The molecule has 4 heteroatoms. The monoisotopic (exact) mass is 210 g/mol. The highest BCUT2D eigenvalue weighted by molar-refractivity contribution is 5.66. The SMILES string of the molecule is CCCn1nc(C)c(N)c1N(C)C(C)C. The molecule has 0 unspecified atom stereocenters. The molecular weight excluding hydrogens is 188 g/mol. The highest BCUT2D eigenvalue weighted by Crippen LogP contribution is 2.26. The molecule has 0 amide bonds. The molecule has 1 aromatic rings. The Morgan fingerprint density at radius 3 is 2.53 bits per heavy atom. The Morgan fingerprint density at radius 2 is 2.07 bits per heavy atom. The van der Waals surface area contributed by atoms with E-state index in [9.17, 15) is 0 Å². The molecule has 2 N–H and O–H groups in total. The third kappa shape index (κ3) is 2.25. The van der Waals surface area contributed by atoms with Crippen molar-refractivity contribution in [3.8, 4) is 0 Å². The molecule has 0 aromatic carbocycles. The van der Waals surface area contributed by atoms with Crippen molar-refractivity contribution in [3.63, 3.8) is 0 Å². The second-order valence-corrected chi connectivity index (χ2v) is 4.25. The summed E-state index contributed by atoms with van der Waals surface area (Å²) in [6, 6.07) is 0.430. The summed E-state index contributed by atoms with van der Waals surface area (Å²) in [5.74, 6) is 1.05. The van der Waals surface area contributed by atoms with Gasteiger partial charge in [0.25, 0.3) is 0 Å². The highest BCUT2D eigenvalue weighted by Gasteiger charge is 2.17. The lowest BCUT2D eigenvalue weighted by Crippen LogP contribution is -2.29. The van der Waals surface area contributed by atoms with Crippen LogP contribution in [0.1, 0.15) is 32.9 Å². The third-order valence-corrected chi connectivity index (χ3v) is 2.69. The normalized spacial score (nSPS) is 11.1. The van der Waals surface area contributed by atoms with E-state index in [0.29, 0.717) is 6.04 Å². The maximum atomic E-state index is 6.05. The molecule has 4 nitrogen and oxygen atoms in total. The Morgan fingerprint density at radius 1 is 1.47 bits per heavy atom. The van der Waals surface area contributed by atoms with Crippen molar-refractivity contribution in [1.29, 1.82) is 0 Å². The third-order valence-electron chi connectivity index (χ3n) is 2.69. The molecule has 1 aromatic heterocycles. The molecule has 0 atom stereocenters. The number of nitrogen functional groups attached to an aromatic ring is 1. The van der Waals surface area contributed by atoms with Crippen LogP contribution in [0.4, 0.5) is 11.5 Å². The number of nitrogens with two attached hydrogens (primary N) is 1. The first-order chi connectivity index (χ1) is 6.99. The zero-order valence-electron chi connectivity index (χ0n) is 10.4. The van der Waals surface area contributed by atoms with Gasteiger partial charge < -0.3 is 10.6 Å². The minimum atomic E-state index is 0.430. The number of hydrogen-bond acceptors (Lipinski definition) is 3. The van der Waals surface area contributed by atoms with E-state index in [1.165, 1.54) is 0 Å². The van der Waals surface area contributed by atoms with Crippen molar-refractivity contribution in [2.45, 2.75) is 46.7 Å². The van der Waals surface area contributed by atoms with E-state index in [2.05, 4.69) is 37.8 Å². The molecule has 0 fully saturated rings. The van der Waals surface area contributed by atoms with E-state index in [4.69, 9.17) is 5.73 Å². The molecule has 15 heavy (non-hydrogen) atoms. The molecule has 0 aliphatic carbocycles. The van der Waals surface area contributed by atoms with Crippen molar-refractivity contribution in [2.75, 3.05) is 17.7 Å². The highest BCUT2D eigenvalue weighted by atomic mass is 15.4. The zero-order chi connectivity index (χ0) is 11.6. The summed E-state index contributed by atoms with van der Waals surface area (Å²) < 4.78 is 2.00. The largest absolute Gasteiger partial charge is 0.394 e. The number of nitrogens with zero attached hydrogens (tertiary/aromatic N) is 3. The number of anilines is 2. The summed E-state index contributed by atoms with van der Waals surface area (Å²) in [6.45, 7) is 9.33. The first-order valence-corrected chi connectivity index (χ1v) is 5.54. The van der Waals surface area contributed by atoms with Crippen LogP contribution in [0.15, 0.2) is 0 Å². The minimum Gasteiger partial charge on any atom is -0.394 e.